The number of aryl methyl sites for hydroxylation is 3. The summed E-state index contributed by atoms with van der Waals surface area (Å²) in [4.78, 5) is 11.1. The van der Waals surface area contributed by atoms with Crippen LogP contribution < -0.4 is 4.74 Å². The Morgan fingerprint density at radius 1 is 1.08 bits per heavy atom. The Labute approximate surface area is 140 Å². The molecule has 0 spiro atoms. The molecule has 0 aliphatic heterocycles. The summed E-state index contributed by atoms with van der Waals surface area (Å²) in [6, 6.07) is 13.5. The van der Waals surface area contributed by atoms with Gasteiger partial charge in [-0.05, 0) is 42.6 Å². The van der Waals surface area contributed by atoms with Crippen molar-refractivity contribution in [2.45, 2.75) is 26.8 Å². The predicted molar refractivity (Wildman–Crippen MR) is 95.1 cm³/mol. The lowest BCUT2D eigenvalue weighted by atomic mass is 10.1. The summed E-state index contributed by atoms with van der Waals surface area (Å²) < 4.78 is 7.53. The average molecular weight is 324 g/mol. The SMILES string of the molecule is Cc1ccccc1OCCCn1c(O)c(N=O)c2cccc(C)c21. The van der Waals surface area contributed by atoms with Gasteiger partial charge in [0.25, 0.3) is 0 Å². The minimum atomic E-state index is -0.0785. The number of aromatic hydroxyl groups is 1. The van der Waals surface area contributed by atoms with E-state index < -0.39 is 0 Å². The molecule has 0 saturated heterocycles. The molecule has 0 saturated carbocycles. The molecule has 0 amide bonds. The summed E-state index contributed by atoms with van der Waals surface area (Å²) >= 11 is 0. The lowest BCUT2D eigenvalue weighted by Gasteiger charge is -2.11. The van der Waals surface area contributed by atoms with E-state index in [4.69, 9.17) is 4.74 Å². The van der Waals surface area contributed by atoms with Crippen LogP contribution in [0, 0.1) is 18.8 Å². The third-order valence-electron chi connectivity index (χ3n) is 4.20. The smallest absolute Gasteiger partial charge is 0.222 e. The highest BCUT2D eigenvalue weighted by Gasteiger charge is 2.18. The topological polar surface area (TPSA) is 63.8 Å². The number of aromatic nitrogens is 1. The predicted octanol–water partition coefficient (Wildman–Crippen LogP) is 4.83. The third kappa shape index (κ3) is 2.85. The first kappa shape index (κ1) is 16.1. The van der Waals surface area contributed by atoms with E-state index in [1.165, 1.54) is 0 Å². The zero-order valence-electron chi connectivity index (χ0n) is 13.8. The van der Waals surface area contributed by atoms with Crippen LogP contribution >= 0.6 is 0 Å². The van der Waals surface area contributed by atoms with Crippen LogP contribution in [0.25, 0.3) is 10.9 Å². The van der Waals surface area contributed by atoms with Crippen LogP contribution in [-0.4, -0.2) is 16.3 Å². The van der Waals surface area contributed by atoms with Crippen molar-refractivity contribution in [3.05, 3.63) is 58.5 Å². The molecular weight excluding hydrogens is 304 g/mol. The molecule has 5 nitrogen and oxygen atoms in total. The standard InChI is InChI=1S/C19H20N2O3/c1-13-7-3-4-10-16(13)24-12-6-11-21-18-14(2)8-5-9-15(18)17(20-23)19(21)22/h3-5,7-10,22H,6,11-12H2,1-2H3. The van der Waals surface area contributed by atoms with Crippen LogP contribution in [0.5, 0.6) is 11.6 Å². The molecule has 1 aromatic heterocycles. The van der Waals surface area contributed by atoms with Crippen molar-refractivity contribution in [1.29, 1.82) is 0 Å². The summed E-state index contributed by atoms with van der Waals surface area (Å²) in [6.07, 6.45) is 0.707. The number of nitroso groups, excluding NO2 is 1. The van der Waals surface area contributed by atoms with Gasteiger partial charge >= 0.3 is 0 Å². The van der Waals surface area contributed by atoms with Gasteiger partial charge < -0.3 is 14.4 Å². The van der Waals surface area contributed by atoms with Gasteiger partial charge in [0.15, 0.2) is 5.69 Å². The molecule has 0 fully saturated rings. The number of para-hydroxylation sites is 2. The fourth-order valence-corrected chi connectivity index (χ4v) is 2.99. The Morgan fingerprint density at radius 3 is 2.58 bits per heavy atom. The van der Waals surface area contributed by atoms with E-state index in [-0.39, 0.29) is 11.6 Å². The maximum absolute atomic E-state index is 11.1. The van der Waals surface area contributed by atoms with Crippen molar-refractivity contribution in [3.8, 4) is 11.6 Å². The number of hydrogen-bond acceptors (Lipinski definition) is 4. The first-order chi connectivity index (χ1) is 11.6. The average Bonchev–Trinajstić information content (AvgIpc) is 2.85. The van der Waals surface area contributed by atoms with Crippen LogP contribution in [0.4, 0.5) is 5.69 Å². The molecule has 124 valence electrons. The highest BCUT2D eigenvalue weighted by Crippen LogP contribution is 2.39. The lowest BCUT2D eigenvalue weighted by Crippen LogP contribution is -2.05. The second-order valence-corrected chi connectivity index (χ2v) is 5.85. The van der Waals surface area contributed by atoms with Crippen molar-refractivity contribution in [1.82, 2.24) is 4.57 Å². The molecule has 0 bridgehead atoms. The quantitative estimate of drug-likeness (QED) is 0.521. The molecule has 5 heteroatoms. The molecule has 0 aliphatic carbocycles. The van der Waals surface area contributed by atoms with E-state index in [1.807, 2.05) is 50.2 Å². The summed E-state index contributed by atoms with van der Waals surface area (Å²) in [5.74, 6) is 0.788. The van der Waals surface area contributed by atoms with Gasteiger partial charge in [-0.1, -0.05) is 36.4 Å². The molecule has 1 N–H and O–H groups in total. The van der Waals surface area contributed by atoms with Crippen LogP contribution in [0.1, 0.15) is 17.5 Å². The van der Waals surface area contributed by atoms with E-state index in [0.717, 1.165) is 22.4 Å². The van der Waals surface area contributed by atoms with Gasteiger partial charge in [-0.15, -0.1) is 4.91 Å². The molecule has 1 heterocycles. The van der Waals surface area contributed by atoms with Crippen molar-refractivity contribution in [2.24, 2.45) is 5.18 Å². The number of hydrogen-bond donors (Lipinski definition) is 1. The van der Waals surface area contributed by atoms with E-state index in [2.05, 4.69) is 5.18 Å². The molecular formula is C19H20N2O3. The Balaban J connectivity index is 1.77. The van der Waals surface area contributed by atoms with E-state index in [0.29, 0.717) is 25.0 Å². The number of benzene rings is 2. The fourth-order valence-electron chi connectivity index (χ4n) is 2.99. The molecule has 0 unspecified atom stereocenters. The molecule has 0 atom stereocenters. The van der Waals surface area contributed by atoms with Crippen molar-refractivity contribution >= 4 is 16.6 Å². The first-order valence-electron chi connectivity index (χ1n) is 7.96. The van der Waals surface area contributed by atoms with Gasteiger partial charge in [-0.25, -0.2) is 0 Å². The van der Waals surface area contributed by atoms with Crippen molar-refractivity contribution < 1.29 is 9.84 Å². The van der Waals surface area contributed by atoms with Gasteiger partial charge in [0.1, 0.15) is 5.75 Å². The summed E-state index contributed by atoms with van der Waals surface area (Å²) in [5, 5.41) is 14.0. The van der Waals surface area contributed by atoms with Gasteiger partial charge in [-0.3, -0.25) is 0 Å². The molecule has 0 radical (unpaired) electrons. The highest BCUT2D eigenvalue weighted by molar-refractivity contribution is 5.96. The summed E-state index contributed by atoms with van der Waals surface area (Å²) in [7, 11) is 0. The maximum atomic E-state index is 11.1. The van der Waals surface area contributed by atoms with Crippen LogP contribution in [0.3, 0.4) is 0 Å². The number of nitrogens with zero attached hydrogens (tertiary/aromatic N) is 2. The number of rotatable bonds is 6. The monoisotopic (exact) mass is 324 g/mol. The van der Waals surface area contributed by atoms with Gasteiger partial charge in [-0.2, -0.15) is 0 Å². The molecule has 24 heavy (non-hydrogen) atoms. The molecule has 2 aromatic carbocycles. The lowest BCUT2D eigenvalue weighted by molar-refractivity contribution is 0.296. The normalized spacial score (nSPS) is 10.9. The summed E-state index contributed by atoms with van der Waals surface area (Å²) in [6.45, 7) is 5.04. The number of fused-ring (bicyclic) bond motifs is 1. The number of ether oxygens (including phenoxy) is 1. The van der Waals surface area contributed by atoms with Gasteiger partial charge in [0.2, 0.25) is 5.88 Å². The Kier molecular flexibility index (Phi) is 4.51. The largest absolute Gasteiger partial charge is 0.493 e. The van der Waals surface area contributed by atoms with E-state index >= 15 is 0 Å². The van der Waals surface area contributed by atoms with Crippen LogP contribution in [0.2, 0.25) is 0 Å². The molecule has 0 aliphatic rings. The summed E-state index contributed by atoms with van der Waals surface area (Å²) in [5.41, 5.74) is 3.04. The van der Waals surface area contributed by atoms with Crippen LogP contribution in [-0.2, 0) is 6.54 Å². The molecule has 3 aromatic rings. The first-order valence-corrected chi connectivity index (χ1v) is 7.96. The third-order valence-corrected chi connectivity index (χ3v) is 4.20. The van der Waals surface area contributed by atoms with Gasteiger partial charge in [0.05, 0.1) is 12.1 Å². The van der Waals surface area contributed by atoms with Crippen LogP contribution in [0.15, 0.2) is 47.6 Å². The fraction of sp³-hybridized carbons (Fsp3) is 0.263. The zero-order chi connectivity index (χ0) is 17.1. The second kappa shape index (κ2) is 6.74. The van der Waals surface area contributed by atoms with Crippen molar-refractivity contribution in [2.75, 3.05) is 6.61 Å². The van der Waals surface area contributed by atoms with E-state index in [9.17, 15) is 10.0 Å². The highest BCUT2D eigenvalue weighted by atomic mass is 16.5. The van der Waals surface area contributed by atoms with E-state index in [1.54, 1.807) is 10.6 Å². The van der Waals surface area contributed by atoms with Gasteiger partial charge in [0, 0.05) is 11.9 Å². The Bertz CT molecular complexity index is 884. The minimum Gasteiger partial charge on any atom is -0.493 e. The molecule has 3 rings (SSSR count). The minimum absolute atomic E-state index is 0.0785. The Hall–Kier alpha value is -2.82. The van der Waals surface area contributed by atoms with Crippen molar-refractivity contribution in [3.63, 3.8) is 0 Å². The second-order valence-electron chi connectivity index (χ2n) is 5.85. The maximum Gasteiger partial charge on any atom is 0.222 e. The Morgan fingerprint density at radius 2 is 1.83 bits per heavy atom. The zero-order valence-corrected chi connectivity index (χ0v) is 13.8.